The third-order valence-electron chi connectivity index (χ3n) is 2.60. The molecule has 0 spiro atoms. The average molecular weight is 261 g/mol. The lowest BCUT2D eigenvalue weighted by molar-refractivity contribution is 0.0680. The summed E-state index contributed by atoms with van der Waals surface area (Å²) < 4.78 is 11.1. The van der Waals surface area contributed by atoms with Crippen LogP contribution in [-0.4, -0.2) is 19.3 Å². The summed E-state index contributed by atoms with van der Waals surface area (Å²) in [6.45, 7) is 1.41. The molecule has 1 heterocycles. The van der Waals surface area contributed by atoms with Gasteiger partial charge in [-0.25, -0.2) is 0 Å². The van der Waals surface area contributed by atoms with Gasteiger partial charge in [-0.15, -0.1) is 11.6 Å². The van der Waals surface area contributed by atoms with Crippen molar-refractivity contribution in [3.05, 3.63) is 28.8 Å². The second-order valence-electron chi connectivity index (χ2n) is 3.84. The normalized spacial score (nSPS) is 20.0. The smallest absolute Gasteiger partial charge is 0.138 e. The lowest BCUT2D eigenvalue weighted by Gasteiger charge is -2.12. The molecule has 1 aromatic rings. The van der Waals surface area contributed by atoms with E-state index in [2.05, 4.69) is 0 Å². The number of rotatable bonds is 4. The number of halogens is 2. The highest BCUT2D eigenvalue weighted by atomic mass is 35.5. The lowest BCUT2D eigenvalue weighted by atomic mass is 10.2. The third-order valence-corrected chi connectivity index (χ3v) is 3.20. The number of alkyl halides is 1. The van der Waals surface area contributed by atoms with Crippen LogP contribution in [0.5, 0.6) is 5.75 Å². The predicted octanol–water partition coefficient (Wildman–Crippen LogP) is 3.64. The van der Waals surface area contributed by atoms with Gasteiger partial charge in [0.1, 0.15) is 12.4 Å². The topological polar surface area (TPSA) is 18.5 Å². The zero-order valence-electron chi connectivity index (χ0n) is 8.92. The third kappa shape index (κ3) is 3.03. The van der Waals surface area contributed by atoms with E-state index in [9.17, 15) is 0 Å². The lowest BCUT2D eigenvalue weighted by Crippen LogP contribution is -2.16. The molecule has 1 fully saturated rings. The van der Waals surface area contributed by atoms with Gasteiger partial charge in [0.25, 0.3) is 0 Å². The number of ether oxygens (including phenoxy) is 2. The van der Waals surface area contributed by atoms with Crippen molar-refractivity contribution in [2.45, 2.75) is 24.8 Å². The molecule has 4 heteroatoms. The molecule has 2 nitrogen and oxygen atoms in total. The zero-order chi connectivity index (χ0) is 11.4. The molecule has 1 aliphatic rings. The fraction of sp³-hybridized carbons (Fsp3) is 0.500. The van der Waals surface area contributed by atoms with Gasteiger partial charge in [0.2, 0.25) is 0 Å². The summed E-state index contributed by atoms with van der Waals surface area (Å²) in [5.41, 5.74) is 0.996. The van der Waals surface area contributed by atoms with E-state index in [4.69, 9.17) is 32.7 Å². The van der Waals surface area contributed by atoms with E-state index < -0.39 is 0 Å². The Kier molecular flexibility index (Phi) is 4.33. The molecule has 0 aliphatic carbocycles. The van der Waals surface area contributed by atoms with Gasteiger partial charge >= 0.3 is 0 Å². The van der Waals surface area contributed by atoms with Crippen molar-refractivity contribution in [2.75, 3.05) is 13.2 Å². The van der Waals surface area contributed by atoms with E-state index in [1.165, 1.54) is 0 Å². The van der Waals surface area contributed by atoms with Crippen LogP contribution in [0.1, 0.15) is 18.4 Å². The second-order valence-corrected chi connectivity index (χ2v) is 4.52. The molecule has 0 bridgehead atoms. The van der Waals surface area contributed by atoms with Crippen LogP contribution in [0.25, 0.3) is 0 Å². The minimum atomic E-state index is 0.212. The first-order chi connectivity index (χ1) is 7.79. The molecule has 2 rings (SSSR count). The highest BCUT2D eigenvalue weighted by Crippen LogP contribution is 2.27. The Labute approximate surface area is 105 Å². The zero-order valence-corrected chi connectivity index (χ0v) is 10.4. The maximum Gasteiger partial charge on any atom is 0.138 e. The van der Waals surface area contributed by atoms with E-state index in [0.717, 1.165) is 25.0 Å². The van der Waals surface area contributed by atoms with E-state index >= 15 is 0 Å². The summed E-state index contributed by atoms with van der Waals surface area (Å²) in [6, 6.07) is 5.61. The van der Waals surface area contributed by atoms with Crippen molar-refractivity contribution in [2.24, 2.45) is 0 Å². The molecule has 0 saturated carbocycles. The predicted molar refractivity (Wildman–Crippen MR) is 65.5 cm³/mol. The monoisotopic (exact) mass is 260 g/mol. The van der Waals surface area contributed by atoms with Crippen LogP contribution < -0.4 is 4.74 Å². The minimum Gasteiger partial charge on any atom is -0.489 e. The Morgan fingerprint density at radius 1 is 1.44 bits per heavy atom. The fourth-order valence-electron chi connectivity index (χ4n) is 1.70. The fourth-order valence-corrected chi connectivity index (χ4v) is 2.13. The van der Waals surface area contributed by atoms with Gasteiger partial charge in [-0.1, -0.05) is 17.7 Å². The first-order valence-electron chi connectivity index (χ1n) is 5.38. The average Bonchev–Trinajstić information content (AvgIpc) is 2.80. The van der Waals surface area contributed by atoms with Crippen LogP contribution in [-0.2, 0) is 10.6 Å². The first kappa shape index (κ1) is 12.0. The highest BCUT2D eigenvalue weighted by molar-refractivity contribution is 6.32. The molecule has 0 N–H and O–H groups in total. The summed E-state index contributed by atoms with van der Waals surface area (Å²) in [7, 11) is 0. The second kappa shape index (κ2) is 5.76. The Bertz CT molecular complexity index is 349. The van der Waals surface area contributed by atoms with E-state index in [1.54, 1.807) is 0 Å². The van der Waals surface area contributed by atoms with Gasteiger partial charge in [-0.05, 0) is 30.5 Å². The minimum absolute atomic E-state index is 0.212. The molecule has 0 aromatic heterocycles. The van der Waals surface area contributed by atoms with Crippen LogP contribution in [0.2, 0.25) is 5.02 Å². The Morgan fingerprint density at radius 2 is 2.31 bits per heavy atom. The summed E-state index contributed by atoms with van der Waals surface area (Å²) in [5, 5.41) is 0.608. The van der Waals surface area contributed by atoms with E-state index in [1.807, 2.05) is 18.2 Å². The van der Waals surface area contributed by atoms with Crippen LogP contribution in [0.4, 0.5) is 0 Å². The van der Waals surface area contributed by atoms with Crippen molar-refractivity contribution in [3.63, 3.8) is 0 Å². The SMILES string of the molecule is ClCc1ccc(OCC2CCCO2)c(Cl)c1. The molecule has 1 atom stereocenters. The largest absolute Gasteiger partial charge is 0.489 e. The van der Waals surface area contributed by atoms with Gasteiger partial charge < -0.3 is 9.47 Å². The van der Waals surface area contributed by atoms with Gasteiger partial charge in [0.05, 0.1) is 11.1 Å². The number of hydrogen-bond donors (Lipinski definition) is 0. The molecular formula is C12H14Cl2O2. The molecule has 16 heavy (non-hydrogen) atoms. The Morgan fingerprint density at radius 3 is 2.94 bits per heavy atom. The molecule has 1 unspecified atom stereocenters. The Balaban J connectivity index is 1.93. The molecule has 1 aliphatic heterocycles. The molecule has 1 saturated heterocycles. The Hall–Kier alpha value is -0.440. The maximum atomic E-state index is 6.07. The van der Waals surface area contributed by atoms with Gasteiger partial charge in [-0.2, -0.15) is 0 Å². The molecule has 0 radical (unpaired) electrons. The molecule has 88 valence electrons. The number of benzene rings is 1. The van der Waals surface area contributed by atoms with Gasteiger partial charge in [-0.3, -0.25) is 0 Å². The van der Waals surface area contributed by atoms with Crippen LogP contribution >= 0.6 is 23.2 Å². The van der Waals surface area contributed by atoms with Crippen LogP contribution in [0.3, 0.4) is 0 Å². The first-order valence-corrected chi connectivity index (χ1v) is 6.29. The van der Waals surface area contributed by atoms with Crippen molar-refractivity contribution in [3.8, 4) is 5.75 Å². The maximum absolute atomic E-state index is 6.07. The molecular weight excluding hydrogens is 247 g/mol. The van der Waals surface area contributed by atoms with Gasteiger partial charge in [0, 0.05) is 12.5 Å². The summed E-state index contributed by atoms with van der Waals surface area (Å²) in [5.74, 6) is 1.16. The van der Waals surface area contributed by atoms with Gasteiger partial charge in [0.15, 0.2) is 0 Å². The van der Waals surface area contributed by atoms with Crippen molar-refractivity contribution < 1.29 is 9.47 Å². The standard InChI is InChI=1S/C12H14Cl2O2/c13-7-9-3-4-12(11(14)6-9)16-8-10-2-1-5-15-10/h3-4,6,10H,1-2,5,7-8H2. The van der Waals surface area contributed by atoms with Crippen molar-refractivity contribution in [1.82, 2.24) is 0 Å². The molecule has 0 amide bonds. The number of hydrogen-bond acceptors (Lipinski definition) is 2. The van der Waals surface area contributed by atoms with Crippen LogP contribution in [0.15, 0.2) is 18.2 Å². The van der Waals surface area contributed by atoms with Crippen molar-refractivity contribution >= 4 is 23.2 Å². The van der Waals surface area contributed by atoms with E-state index in [-0.39, 0.29) is 6.10 Å². The summed E-state index contributed by atoms with van der Waals surface area (Å²) in [4.78, 5) is 0. The van der Waals surface area contributed by atoms with E-state index in [0.29, 0.717) is 23.3 Å². The van der Waals surface area contributed by atoms with Crippen molar-refractivity contribution in [1.29, 1.82) is 0 Å². The van der Waals surface area contributed by atoms with Crippen LogP contribution in [0, 0.1) is 0 Å². The quantitative estimate of drug-likeness (QED) is 0.770. The molecule has 1 aromatic carbocycles. The summed E-state index contributed by atoms with van der Waals surface area (Å²) >= 11 is 11.8. The summed E-state index contributed by atoms with van der Waals surface area (Å²) in [6.07, 6.45) is 2.40. The highest BCUT2D eigenvalue weighted by Gasteiger charge is 2.16.